The Morgan fingerprint density at radius 3 is 1.12 bits per heavy atom. The maximum atomic E-state index is 10.7. The molecule has 1 aliphatic carbocycles. The molecule has 0 amide bonds. The van der Waals surface area contributed by atoms with Crippen molar-refractivity contribution in [3.05, 3.63) is 24.3 Å². The van der Waals surface area contributed by atoms with Crippen LogP contribution in [0.4, 0.5) is 13.2 Å². The average molecular weight is 618 g/mol. The topological polar surface area (TPSA) is 57.2 Å². The Labute approximate surface area is 214 Å². The van der Waals surface area contributed by atoms with Gasteiger partial charge in [0.2, 0.25) is 0 Å². The van der Waals surface area contributed by atoms with E-state index in [1.807, 2.05) is 0 Å². The first-order valence-electron chi connectivity index (χ1n) is 11.7. The molecule has 0 N–H and O–H groups in total. The van der Waals surface area contributed by atoms with E-state index in [0.29, 0.717) is 15.8 Å². The summed E-state index contributed by atoms with van der Waals surface area (Å²) in [6.45, 7) is 10.1. The van der Waals surface area contributed by atoms with Crippen molar-refractivity contribution in [2.24, 2.45) is 0 Å². The molecule has 0 aromatic heterocycles. The van der Waals surface area contributed by atoms with Crippen molar-refractivity contribution in [3.8, 4) is 0 Å². The molecule has 4 atom stereocenters. The molecule has 0 aromatic rings. The van der Waals surface area contributed by atoms with Gasteiger partial charge in [-0.25, -0.2) is 8.42 Å². The van der Waals surface area contributed by atoms with Crippen molar-refractivity contribution in [1.82, 2.24) is 0 Å². The van der Waals surface area contributed by atoms with Crippen LogP contribution in [-0.4, -0.2) is 53.4 Å². The molecular weight excluding hydrogens is 578 g/mol. The predicted octanol–water partition coefficient (Wildman–Crippen LogP) is 7.81. The summed E-state index contributed by atoms with van der Waals surface area (Å²) in [6, 6.07) is 0. The van der Waals surface area contributed by atoms with Gasteiger partial charge in [-0.3, -0.25) is 0 Å². The maximum Gasteiger partial charge on any atom is 0.485 e. The molecule has 2 heterocycles. The van der Waals surface area contributed by atoms with Crippen molar-refractivity contribution in [2.45, 2.75) is 107 Å². The van der Waals surface area contributed by atoms with Crippen LogP contribution in [0, 0.1) is 0 Å². The number of rotatable bonds is 3. The molecule has 3 nitrogen and oxygen atoms in total. The normalized spacial score (nSPS) is 28.6. The fourth-order valence-electron chi connectivity index (χ4n) is 4.47. The summed E-state index contributed by atoms with van der Waals surface area (Å²) >= 11 is 0. The molecule has 0 saturated carbocycles. The van der Waals surface area contributed by atoms with Crippen LogP contribution in [0.25, 0.3) is 0 Å². The number of hydrogen-bond acceptors (Lipinski definition) is 3. The van der Waals surface area contributed by atoms with E-state index in [2.05, 4.69) is 52.0 Å². The van der Waals surface area contributed by atoms with Gasteiger partial charge >= 0.3 is 5.51 Å². The minimum atomic E-state index is -6.09. The van der Waals surface area contributed by atoms with E-state index in [1.54, 1.807) is 12.3 Å². The van der Waals surface area contributed by atoms with Crippen LogP contribution in [0.2, 0.25) is 0 Å². The molecule has 2 fully saturated rings. The molecule has 3 aliphatic rings. The van der Waals surface area contributed by atoms with Gasteiger partial charge < -0.3 is 4.55 Å². The summed E-state index contributed by atoms with van der Waals surface area (Å²) in [5.41, 5.74) is -1.34. The molecule has 2 aliphatic heterocycles. The van der Waals surface area contributed by atoms with E-state index in [-0.39, 0.29) is 19.5 Å². The van der Waals surface area contributed by atoms with Gasteiger partial charge in [0.1, 0.15) is 0 Å². The summed E-state index contributed by atoms with van der Waals surface area (Å²) < 4.78 is 58.9. The molecule has 10 heteroatoms. The van der Waals surface area contributed by atoms with Crippen LogP contribution >= 0.6 is 15.8 Å². The number of halogens is 3. The van der Waals surface area contributed by atoms with Gasteiger partial charge in [0.05, 0.1) is 0 Å². The second-order valence-electron chi connectivity index (χ2n) is 9.02. The average Bonchev–Trinajstić information content (AvgIpc) is 3.14. The number of hydrogen-bond donors (Lipinski definition) is 0. The third-order valence-corrected chi connectivity index (χ3v) is 14.5. The molecule has 1 radical (unpaired) electrons. The molecule has 33 heavy (non-hydrogen) atoms. The smallest absolute Gasteiger partial charge is 0.485 e. The molecule has 0 spiro atoms. The number of alkyl halides is 3. The Bertz CT molecular complexity index is 632. The van der Waals surface area contributed by atoms with Crippen molar-refractivity contribution in [2.75, 3.05) is 12.3 Å². The Morgan fingerprint density at radius 1 is 0.727 bits per heavy atom. The standard InChI is InChI=1S/C14H28P2.C8H12.CHF3O3S.Rh/c1-11-5-6-12(2)15(11)9-10-16-13(3)7-8-14(16)4;1-2-4-6-8-7-5-3-1;2-1(3,4)8(5,6)7;/h11-14H,5-10H2,1-4H3;1-2,7-8H,3-6H2;(H,5,6,7);/p-1/t11-,12-,13-,14-;;;/m0.../s1. The molecule has 0 bridgehead atoms. The summed E-state index contributed by atoms with van der Waals surface area (Å²) in [6.07, 6.45) is 23.3. The first kappa shape index (κ1) is 33.7. The Kier molecular flexibility index (Phi) is 16.7. The maximum absolute atomic E-state index is 10.7. The SMILES string of the molecule is C1=CCCC=CCC1.C[C@H]1CC[C@H](C)P1CCP1[C@@H](C)CC[C@@H]1C.O=S(=O)([O-])C(F)(F)F.[Rh]. The first-order valence-corrected chi connectivity index (χ1v) is 16.4. The summed E-state index contributed by atoms with van der Waals surface area (Å²) in [5, 5.41) is 0. The quantitative estimate of drug-likeness (QED) is 0.107. The van der Waals surface area contributed by atoms with Crippen molar-refractivity contribution >= 4 is 26.0 Å². The van der Waals surface area contributed by atoms with E-state index in [1.165, 1.54) is 51.4 Å². The zero-order valence-corrected chi connectivity index (χ0v) is 24.4. The predicted molar refractivity (Wildman–Crippen MR) is 132 cm³/mol. The van der Waals surface area contributed by atoms with E-state index in [9.17, 15) is 13.2 Å². The fourth-order valence-corrected chi connectivity index (χ4v) is 11.7. The van der Waals surface area contributed by atoms with Crippen LogP contribution in [-0.2, 0) is 29.6 Å². The fraction of sp³-hybridized carbons (Fsp3) is 0.826. The van der Waals surface area contributed by atoms with E-state index in [4.69, 9.17) is 13.0 Å². The Balaban J connectivity index is 0.000000512. The van der Waals surface area contributed by atoms with Gasteiger partial charge in [0.25, 0.3) is 0 Å². The van der Waals surface area contributed by atoms with Crippen LogP contribution < -0.4 is 0 Å². The Hall–Kier alpha value is 0.663. The second kappa shape index (κ2) is 16.4. The molecular formula is C23H40F3O3P2RhS-. The van der Waals surface area contributed by atoms with E-state index in [0.717, 1.165) is 22.6 Å². The molecule has 0 aromatic carbocycles. The number of allylic oxidation sites excluding steroid dienone is 4. The summed E-state index contributed by atoms with van der Waals surface area (Å²) in [5.74, 6) is 0. The Morgan fingerprint density at radius 2 is 0.939 bits per heavy atom. The van der Waals surface area contributed by atoms with Gasteiger partial charge in [-0.05, 0) is 86.3 Å². The van der Waals surface area contributed by atoms with Crippen molar-refractivity contribution < 1.29 is 45.6 Å². The third kappa shape index (κ3) is 13.0. The van der Waals surface area contributed by atoms with Crippen molar-refractivity contribution in [3.63, 3.8) is 0 Å². The largest absolute Gasteiger partial charge is 0.741 e. The second-order valence-corrected chi connectivity index (χ2v) is 16.9. The van der Waals surface area contributed by atoms with E-state index >= 15 is 0 Å². The van der Waals surface area contributed by atoms with Crippen LogP contribution in [0.5, 0.6) is 0 Å². The summed E-state index contributed by atoms with van der Waals surface area (Å²) in [4.78, 5) is 0. The van der Waals surface area contributed by atoms with E-state index < -0.39 is 15.6 Å². The molecule has 0 unspecified atom stereocenters. The monoisotopic (exact) mass is 618 g/mol. The molecule has 197 valence electrons. The van der Waals surface area contributed by atoms with Crippen molar-refractivity contribution in [1.29, 1.82) is 0 Å². The van der Waals surface area contributed by atoms with Gasteiger partial charge in [0.15, 0.2) is 10.1 Å². The zero-order valence-electron chi connectivity index (χ0n) is 20.2. The first-order chi connectivity index (χ1) is 14.8. The summed E-state index contributed by atoms with van der Waals surface area (Å²) in [7, 11) is -5.30. The minimum absolute atomic E-state index is 0. The van der Waals surface area contributed by atoms with Gasteiger partial charge in [-0.15, -0.1) is 15.8 Å². The van der Waals surface area contributed by atoms with Gasteiger partial charge in [-0.1, -0.05) is 52.0 Å². The van der Waals surface area contributed by atoms with Crippen LogP contribution in [0.1, 0.15) is 79.1 Å². The van der Waals surface area contributed by atoms with Crippen LogP contribution in [0.3, 0.4) is 0 Å². The third-order valence-electron chi connectivity index (χ3n) is 6.50. The molecule has 2 saturated heterocycles. The van der Waals surface area contributed by atoms with Gasteiger partial charge in [-0.2, -0.15) is 13.2 Å². The minimum Gasteiger partial charge on any atom is -0.741 e. The van der Waals surface area contributed by atoms with Gasteiger partial charge in [0, 0.05) is 19.5 Å². The van der Waals surface area contributed by atoms with Crippen LogP contribution in [0.15, 0.2) is 24.3 Å². The zero-order chi connectivity index (χ0) is 24.4. The molecule has 3 rings (SSSR count).